The molecule has 0 radical (unpaired) electrons. The second-order valence-corrected chi connectivity index (χ2v) is 12.0. The monoisotopic (exact) mass is 611 g/mol. The number of aromatic nitrogens is 3. The Kier molecular flexibility index (Phi) is 6.80. The second-order valence-electron chi connectivity index (χ2n) is 12.0. The predicted molar refractivity (Wildman–Crippen MR) is 200 cm³/mol. The lowest BCUT2D eigenvalue weighted by Crippen LogP contribution is -2.01. The summed E-state index contributed by atoms with van der Waals surface area (Å²) < 4.78 is 0. The Balaban J connectivity index is 1.33. The minimum Gasteiger partial charge on any atom is -0.208 e. The van der Waals surface area contributed by atoms with Crippen LogP contribution in [-0.4, -0.2) is 15.0 Å². The van der Waals surface area contributed by atoms with Crippen LogP contribution < -0.4 is 0 Å². The van der Waals surface area contributed by atoms with E-state index in [0.717, 1.165) is 44.2 Å². The third-order valence-electron chi connectivity index (χ3n) is 9.10. The molecule has 48 heavy (non-hydrogen) atoms. The maximum atomic E-state index is 5.26. The molecule has 3 nitrogen and oxygen atoms in total. The zero-order chi connectivity index (χ0) is 31.9. The molecular formula is C45H29N3. The highest BCUT2D eigenvalue weighted by Crippen LogP contribution is 2.39. The summed E-state index contributed by atoms with van der Waals surface area (Å²) in [4.78, 5) is 15.5. The van der Waals surface area contributed by atoms with Crippen molar-refractivity contribution in [2.45, 2.75) is 0 Å². The van der Waals surface area contributed by atoms with Crippen LogP contribution in [0.1, 0.15) is 0 Å². The zero-order valence-electron chi connectivity index (χ0n) is 26.1. The summed E-state index contributed by atoms with van der Waals surface area (Å²) in [5.74, 6) is 1.93. The predicted octanol–water partition coefficient (Wildman–Crippen LogP) is 11.7. The summed E-state index contributed by atoms with van der Waals surface area (Å²) in [5.41, 5.74) is 7.38. The van der Waals surface area contributed by atoms with Crippen molar-refractivity contribution in [3.8, 4) is 56.4 Å². The first-order chi connectivity index (χ1) is 23.8. The third kappa shape index (κ3) is 4.90. The Morgan fingerprint density at radius 3 is 1.60 bits per heavy atom. The van der Waals surface area contributed by atoms with Gasteiger partial charge in [0.25, 0.3) is 0 Å². The van der Waals surface area contributed by atoms with Crippen molar-refractivity contribution in [1.29, 1.82) is 0 Å². The van der Waals surface area contributed by atoms with Gasteiger partial charge in [-0.15, -0.1) is 0 Å². The topological polar surface area (TPSA) is 38.7 Å². The zero-order valence-corrected chi connectivity index (χ0v) is 26.1. The summed E-state index contributed by atoms with van der Waals surface area (Å²) in [6.07, 6.45) is 0. The molecule has 1 aromatic heterocycles. The van der Waals surface area contributed by atoms with Crippen molar-refractivity contribution in [3.63, 3.8) is 0 Å². The Morgan fingerprint density at radius 1 is 0.271 bits per heavy atom. The summed E-state index contributed by atoms with van der Waals surface area (Å²) in [6, 6.07) is 61.7. The van der Waals surface area contributed by atoms with Crippen molar-refractivity contribution >= 4 is 32.3 Å². The van der Waals surface area contributed by atoms with Gasteiger partial charge in [0.2, 0.25) is 0 Å². The third-order valence-corrected chi connectivity index (χ3v) is 9.10. The minimum atomic E-state index is 0.643. The number of nitrogens with zero attached hydrogens (tertiary/aromatic N) is 3. The summed E-state index contributed by atoms with van der Waals surface area (Å²) in [7, 11) is 0. The van der Waals surface area contributed by atoms with Gasteiger partial charge in [0.05, 0.1) is 0 Å². The van der Waals surface area contributed by atoms with Gasteiger partial charge in [-0.1, -0.05) is 164 Å². The van der Waals surface area contributed by atoms with E-state index < -0.39 is 0 Å². The van der Waals surface area contributed by atoms with Crippen LogP contribution in [0.25, 0.3) is 88.7 Å². The molecule has 0 spiro atoms. The molecule has 3 heteroatoms. The smallest absolute Gasteiger partial charge is 0.164 e. The van der Waals surface area contributed by atoms with E-state index in [1.807, 2.05) is 30.3 Å². The number of rotatable bonds is 5. The van der Waals surface area contributed by atoms with Crippen LogP contribution in [0.2, 0.25) is 0 Å². The summed E-state index contributed by atoms with van der Waals surface area (Å²) >= 11 is 0. The highest BCUT2D eigenvalue weighted by atomic mass is 15.0. The van der Waals surface area contributed by atoms with E-state index in [0.29, 0.717) is 17.5 Å². The molecule has 0 saturated carbocycles. The molecule has 0 bridgehead atoms. The fourth-order valence-electron chi connectivity index (χ4n) is 6.83. The first kappa shape index (κ1) is 27.8. The van der Waals surface area contributed by atoms with E-state index in [1.54, 1.807) is 0 Å². The molecule has 0 aliphatic carbocycles. The molecule has 0 atom stereocenters. The minimum absolute atomic E-state index is 0.643. The number of hydrogen-bond donors (Lipinski definition) is 0. The lowest BCUT2D eigenvalue weighted by atomic mass is 9.91. The Labute approximate surface area is 278 Å². The largest absolute Gasteiger partial charge is 0.208 e. The maximum Gasteiger partial charge on any atom is 0.164 e. The maximum absolute atomic E-state index is 5.26. The Bertz CT molecular complexity index is 2610. The molecule has 0 amide bonds. The van der Waals surface area contributed by atoms with Gasteiger partial charge in [-0.3, -0.25) is 0 Å². The van der Waals surface area contributed by atoms with Crippen LogP contribution in [-0.2, 0) is 0 Å². The first-order valence-corrected chi connectivity index (χ1v) is 16.2. The first-order valence-electron chi connectivity index (χ1n) is 16.2. The standard InChI is InChI=1S/C45H29N3/c1-3-14-30(15-4-1)36-21-11-12-24-40(36)44-46-43(33-17-5-2-6-18-33)47-45(48-44)41-29-35(28-34-19-8-9-22-37(34)41)39-25-13-20-32-27-26-31-16-7-10-23-38(31)42(32)39/h1-29H. The molecule has 9 rings (SSSR count). The molecule has 224 valence electrons. The number of benzene rings is 8. The van der Waals surface area contributed by atoms with E-state index in [4.69, 9.17) is 15.0 Å². The fourth-order valence-corrected chi connectivity index (χ4v) is 6.83. The van der Waals surface area contributed by atoms with Gasteiger partial charge in [-0.25, -0.2) is 15.0 Å². The molecular weight excluding hydrogens is 583 g/mol. The summed E-state index contributed by atoms with van der Waals surface area (Å²) in [5, 5.41) is 7.16. The Hall–Kier alpha value is -6.45. The van der Waals surface area contributed by atoms with E-state index >= 15 is 0 Å². The lowest BCUT2D eigenvalue weighted by Gasteiger charge is -2.15. The van der Waals surface area contributed by atoms with Crippen LogP contribution in [0.3, 0.4) is 0 Å². The van der Waals surface area contributed by atoms with Crippen LogP contribution in [0.5, 0.6) is 0 Å². The molecule has 9 aromatic rings. The normalized spacial score (nSPS) is 11.3. The van der Waals surface area contributed by atoms with Gasteiger partial charge in [-0.2, -0.15) is 0 Å². The van der Waals surface area contributed by atoms with Crippen molar-refractivity contribution in [1.82, 2.24) is 15.0 Å². The highest BCUT2D eigenvalue weighted by molar-refractivity contribution is 6.15. The van der Waals surface area contributed by atoms with Gasteiger partial charge in [0.1, 0.15) is 0 Å². The van der Waals surface area contributed by atoms with E-state index in [-0.39, 0.29) is 0 Å². The molecule has 8 aromatic carbocycles. The van der Waals surface area contributed by atoms with Crippen molar-refractivity contribution in [2.75, 3.05) is 0 Å². The van der Waals surface area contributed by atoms with E-state index in [1.165, 1.54) is 27.1 Å². The van der Waals surface area contributed by atoms with E-state index in [9.17, 15) is 0 Å². The second kappa shape index (κ2) is 11.7. The van der Waals surface area contributed by atoms with Crippen molar-refractivity contribution < 1.29 is 0 Å². The summed E-state index contributed by atoms with van der Waals surface area (Å²) in [6.45, 7) is 0. The lowest BCUT2D eigenvalue weighted by molar-refractivity contribution is 1.08. The molecule has 0 aliphatic heterocycles. The van der Waals surface area contributed by atoms with Crippen molar-refractivity contribution in [2.24, 2.45) is 0 Å². The van der Waals surface area contributed by atoms with Crippen molar-refractivity contribution in [3.05, 3.63) is 176 Å². The van der Waals surface area contributed by atoms with Crippen LogP contribution >= 0.6 is 0 Å². The number of fused-ring (bicyclic) bond motifs is 4. The quantitative estimate of drug-likeness (QED) is 0.182. The molecule has 0 N–H and O–H groups in total. The fraction of sp³-hybridized carbons (Fsp3) is 0. The van der Waals surface area contributed by atoms with Gasteiger partial charge in [-0.05, 0) is 66.7 Å². The van der Waals surface area contributed by atoms with E-state index in [2.05, 4.69) is 146 Å². The average Bonchev–Trinajstić information content (AvgIpc) is 3.17. The van der Waals surface area contributed by atoms with Gasteiger partial charge in [0, 0.05) is 16.7 Å². The van der Waals surface area contributed by atoms with Gasteiger partial charge < -0.3 is 0 Å². The SMILES string of the molecule is c1ccc(-c2nc(-c3ccccc3-c3ccccc3)nc(-c3cc(-c4cccc5ccc6ccccc6c45)cc4ccccc34)n2)cc1. The molecule has 1 heterocycles. The van der Waals surface area contributed by atoms with Gasteiger partial charge in [0.15, 0.2) is 17.5 Å². The van der Waals surface area contributed by atoms with Crippen LogP contribution in [0.15, 0.2) is 176 Å². The number of hydrogen-bond acceptors (Lipinski definition) is 3. The highest BCUT2D eigenvalue weighted by Gasteiger charge is 2.18. The molecule has 0 unspecified atom stereocenters. The molecule has 0 saturated heterocycles. The average molecular weight is 612 g/mol. The van der Waals surface area contributed by atoms with Crippen LogP contribution in [0.4, 0.5) is 0 Å². The molecule has 0 aliphatic rings. The van der Waals surface area contributed by atoms with Gasteiger partial charge >= 0.3 is 0 Å². The Morgan fingerprint density at radius 2 is 0.812 bits per heavy atom. The van der Waals surface area contributed by atoms with Crippen LogP contribution in [0, 0.1) is 0 Å². The molecule has 0 fully saturated rings.